The van der Waals surface area contributed by atoms with E-state index in [-0.39, 0.29) is 24.0 Å². The van der Waals surface area contributed by atoms with Crippen molar-refractivity contribution in [2.75, 3.05) is 39.9 Å². The number of rotatable bonds is 10. The highest BCUT2D eigenvalue weighted by Crippen LogP contribution is 2.28. The van der Waals surface area contributed by atoms with Crippen LogP contribution in [0.3, 0.4) is 0 Å². The second kappa shape index (κ2) is 12.1. The highest BCUT2D eigenvalue weighted by Gasteiger charge is 2.21. The molecule has 1 aromatic heterocycles. The van der Waals surface area contributed by atoms with Crippen LogP contribution in [0.4, 0.5) is 0 Å². The van der Waals surface area contributed by atoms with Gasteiger partial charge in [-0.25, -0.2) is 4.98 Å². The van der Waals surface area contributed by atoms with E-state index in [4.69, 9.17) is 9.73 Å². The average Bonchev–Trinajstić information content (AvgIpc) is 3.26. The number of halogens is 1. The summed E-state index contributed by atoms with van der Waals surface area (Å²) in [5.41, 5.74) is 1.15. The summed E-state index contributed by atoms with van der Waals surface area (Å²) in [6.45, 7) is 10.7. The zero-order valence-corrected chi connectivity index (χ0v) is 19.1. The summed E-state index contributed by atoms with van der Waals surface area (Å²) in [6, 6.07) is 0. The number of nitrogens with zero attached hydrogens (tertiary/aromatic N) is 3. The third-order valence-electron chi connectivity index (χ3n) is 4.01. The fraction of sp³-hybridized carbons (Fsp3) is 0.778. The van der Waals surface area contributed by atoms with Crippen LogP contribution in [0.2, 0.25) is 0 Å². The molecule has 0 spiro atoms. The van der Waals surface area contributed by atoms with E-state index in [1.54, 1.807) is 11.3 Å². The van der Waals surface area contributed by atoms with Crippen LogP contribution in [-0.4, -0.2) is 55.7 Å². The van der Waals surface area contributed by atoms with Crippen molar-refractivity contribution in [3.63, 3.8) is 0 Å². The van der Waals surface area contributed by atoms with Crippen molar-refractivity contribution in [2.45, 2.75) is 46.0 Å². The van der Waals surface area contributed by atoms with E-state index >= 15 is 0 Å². The zero-order valence-electron chi connectivity index (χ0n) is 16.0. The number of hydrogen-bond acceptors (Lipinski definition) is 4. The van der Waals surface area contributed by atoms with Crippen molar-refractivity contribution < 1.29 is 4.74 Å². The summed E-state index contributed by atoms with van der Waals surface area (Å²) in [5, 5.41) is 6.73. The number of thiazole rings is 1. The summed E-state index contributed by atoms with van der Waals surface area (Å²) in [6.07, 6.45) is 3.58. The molecule has 1 N–H and O–H groups in total. The molecule has 144 valence electrons. The fourth-order valence-corrected chi connectivity index (χ4v) is 3.16. The van der Waals surface area contributed by atoms with Gasteiger partial charge in [-0.05, 0) is 25.7 Å². The summed E-state index contributed by atoms with van der Waals surface area (Å²) in [7, 11) is 2.07. The largest absolute Gasteiger partial charge is 0.379 e. The lowest BCUT2D eigenvalue weighted by molar-refractivity contribution is 0.115. The minimum absolute atomic E-state index is 0. The summed E-state index contributed by atoms with van der Waals surface area (Å²) in [4.78, 5) is 11.6. The standard InChI is InChI=1S/C18H32N4OS.HI/c1-5-19-18(22(4)10-11-23-12-15-6-7-15)20-9-8-16-13-24-17(21-16)14(2)3;/h13-15H,5-12H2,1-4H3,(H,19,20);1H. The minimum Gasteiger partial charge on any atom is -0.379 e. The molecule has 2 rings (SSSR count). The quantitative estimate of drug-likeness (QED) is 0.240. The van der Waals surface area contributed by atoms with Crippen LogP contribution in [0.5, 0.6) is 0 Å². The second-order valence-electron chi connectivity index (χ2n) is 6.76. The summed E-state index contributed by atoms with van der Waals surface area (Å²) < 4.78 is 5.72. The van der Waals surface area contributed by atoms with Gasteiger partial charge in [-0.15, -0.1) is 35.3 Å². The number of aromatic nitrogens is 1. The summed E-state index contributed by atoms with van der Waals surface area (Å²) >= 11 is 1.75. The van der Waals surface area contributed by atoms with Gasteiger partial charge in [0.15, 0.2) is 5.96 Å². The van der Waals surface area contributed by atoms with Gasteiger partial charge in [0, 0.05) is 51.0 Å². The first-order chi connectivity index (χ1) is 11.6. The first-order valence-corrected chi connectivity index (χ1v) is 9.99. The van der Waals surface area contributed by atoms with E-state index in [1.807, 2.05) is 0 Å². The fourth-order valence-electron chi connectivity index (χ4n) is 2.29. The van der Waals surface area contributed by atoms with Gasteiger partial charge in [0.2, 0.25) is 0 Å². The lowest BCUT2D eigenvalue weighted by atomic mass is 10.2. The molecule has 0 radical (unpaired) electrons. The van der Waals surface area contributed by atoms with Crippen LogP contribution < -0.4 is 5.32 Å². The van der Waals surface area contributed by atoms with Crippen molar-refractivity contribution in [3.8, 4) is 0 Å². The Labute approximate surface area is 173 Å². The van der Waals surface area contributed by atoms with Gasteiger partial charge in [0.1, 0.15) is 0 Å². The first-order valence-electron chi connectivity index (χ1n) is 9.11. The maximum absolute atomic E-state index is 5.72. The molecule has 0 amide bonds. The molecule has 1 aliphatic rings. The Morgan fingerprint density at radius 2 is 2.24 bits per heavy atom. The van der Waals surface area contributed by atoms with E-state index in [0.29, 0.717) is 5.92 Å². The third kappa shape index (κ3) is 8.68. The number of ether oxygens (including phenoxy) is 1. The molecule has 5 nitrogen and oxygen atoms in total. The van der Waals surface area contributed by atoms with Gasteiger partial charge in [-0.1, -0.05) is 13.8 Å². The number of aliphatic imine (C=N–C) groups is 1. The SMILES string of the molecule is CCNC(=NCCc1csc(C(C)C)n1)N(C)CCOCC1CC1.I. The molecule has 0 unspecified atom stereocenters. The van der Waals surface area contributed by atoms with Gasteiger partial charge in [0.25, 0.3) is 0 Å². The van der Waals surface area contributed by atoms with Crippen molar-refractivity contribution in [3.05, 3.63) is 16.1 Å². The average molecular weight is 480 g/mol. The maximum Gasteiger partial charge on any atom is 0.193 e. The minimum atomic E-state index is 0. The molecule has 0 saturated heterocycles. The smallest absolute Gasteiger partial charge is 0.193 e. The first kappa shape index (κ1) is 22.6. The normalized spacial score (nSPS) is 14.5. The molecule has 1 aliphatic carbocycles. The number of hydrogen-bond donors (Lipinski definition) is 1. The summed E-state index contributed by atoms with van der Waals surface area (Å²) in [5.74, 6) is 2.28. The van der Waals surface area contributed by atoms with Crippen molar-refractivity contribution in [1.29, 1.82) is 0 Å². The van der Waals surface area contributed by atoms with Crippen LogP contribution >= 0.6 is 35.3 Å². The zero-order chi connectivity index (χ0) is 17.4. The number of likely N-dealkylation sites (N-methyl/N-ethyl adjacent to an activating group) is 1. The Balaban J connectivity index is 0.00000312. The van der Waals surface area contributed by atoms with Crippen LogP contribution in [0.15, 0.2) is 10.4 Å². The molecule has 1 aromatic rings. The van der Waals surface area contributed by atoms with E-state index in [0.717, 1.165) is 56.8 Å². The molecule has 1 heterocycles. The van der Waals surface area contributed by atoms with Gasteiger partial charge in [0.05, 0.1) is 17.3 Å². The van der Waals surface area contributed by atoms with Gasteiger partial charge < -0.3 is 15.0 Å². The lowest BCUT2D eigenvalue weighted by Crippen LogP contribution is -2.40. The number of guanidine groups is 1. The van der Waals surface area contributed by atoms with Crippen LogP contribution in [0.25, 0.3) is 0 Å². The van der Waals surface area contributed by atoms with Gasteiger partial charge in [-0.2, -0.15) is 0 Å². The van der Waals surface area contributed by atoms with Crippen molar-refractivity contribution in [2.24, 2.45) is 10.9 Å². The van der Waals surface area contributed by atoms with Crippen molar-refractivity contribution >= 4 is 41.3 Å². The van der Waals surface area contributed by atoms with E-state index in [1.165, 1.54) is 17.8 Å². The van der Waals surface area contributed by atoms with E-state index in [2.05, 4.69) is 48.4 Å². The Morgan fingerprint density at radius 1 is 1.48 bits per heavy atom. The van der Waals surface area contributed by atoms with Crippen LogP contribution in [-0.2, 0) is 11.2 Å². The lowest BCUT2D eigenvalue weighted by Gasteiger charge is -2.22. The van der Waals surface area contributed by atoms with Gasteiger partial charge in [-0.3, -0.25) is 4.99 Å². The number of nitrogens with one attached hydrogen (secondary N) is 1. The van der Waals surface area contributed by atoms with Crippen LogP contribution in [0, 0.1) is 5.92 Å². The van der Waals surface area contributed by atoms with Gasteiger partial charge >= 0.3 is 0 Å². The molecule has 0 aliphatic heterocycles. The Morgan fingerprint density at radius 3 is 2.84 bits per heavy atom. The Kier molecular flexibility index (Phi) is 10.9. The maximum atomic E-state index is 5.72. The molecule has 0 aromatic carbocycles. The third-order valence-corrected chi connectivity index (χ3v) is 5.21. The Hall–Kier alpha value is -0.410. The molecule has 0 bridgehead atoms. The van der Waals surface area contributed by atoms with Crippen molar-refractivity contribution in [1.82, 2.24) is 15.2 Å². The predicted molar refractivity (Wildman–Crippen MR) is 117 cm³/mol. The molecule has 1 fully saturated rings. The molecular weight excluding hydrogens is 447 g/mol. The monoisotopic (exact) mass is 480 g/mol. The molecule has 7 heteroatoms. The molecule has 1 saturated carbocycles. The highest BCUT2D eigenvalue weighted by molar-refractivity contribution is 14.0. The molecule has 25 heavy (non-hydrogen) atoms. The van der Waals surface area contributed by atoms with Crippen LogP contribution in [0.1, 0.15) is 50.2 Å². The Bertz CT molecular complexity index is 517. The second-order valence-corrected chi connectivity index (χ2v) is 7.65. The molecular formula is C18H33IN4OS. The molecule has 0 atom stereocenters. The predicted octanol–water partition coefficient (Wildman–Crippen LogP) is 3.75. The topological polar surface area (TPSA) is 49.8 Å². The van der Waals surface area contributed by atoms with E-state index < -0.39 is 0 Å². The van der Waals surface area contributed by atoms with E-state index in [9.17, 15) is 0 Å². The highest BCUT2D eigenvalue weighted by atomic mass is 127.